The Labute approximate surface area is 221 Å². The van der Waals surface area contributed by atoms with E-state index >= 15 is 0 Å². The number of β-lactam (4-membered cyclic amide) rings is 1. The first-order valence-corrected chi connectivity index (χ1v) is 12.3. The van der Waals surface area contributed by atoms with E-state index in [1.807, 2.05) is 24.3 Å². The number of aliphatic carboxylic acids is 1. The van der Waals surface area contributed by atoms with Gasteiger partial charge in [-0.25, -0.2) is 0 Å². The normalized spacial score (nSPS) is 26.7. The van der Waals surface area contributed by atoms with Crippen molar-refractivity contribution < 1.29 is 53.8 Å². The van der Waals surface area contributed by atoms with Gasteiger partial charge < -0.3 is 24.9 Å². The van der Waals surface area contributed by atoms with E-state index in [1.54, 1.807) is 13.8 Å². The van der Waals surface area contributed by atoms with E-state index in [0.29, 0.717) is 19.4 Å². The number of ether oxygens (including phenoxy) is 1. The Morgan fingerprint density at radius 1 is 1.24 bits per heavy atom. The molecule has 4 rings (SSSR count). The first-order chi connectivity index (χ1) is 15.2. The van der Waals surface area contributed by atoms with Gasteiger partial charge in [0.1, 0.15) is 17.2 Å². The van der Waals surface area contributed by atoms with Crippen LogP contribution in [-0.2, 0) is 19.8 Å². The van der Waals surface area contributed by atoms with Gasteiger partial charge in [-0.3, -0.25) is 9.59 Å². The SMILES string of the molecule is CCCCOc1ccccc1C1(C(=O)N[C@@H]2C(=O)N3C2SC(C)(C)C3C(=O)[O-])CCCC1.[Na+]. The Morgan fingerprint density at radius 2 is 1.91 bits per heavy atom. The second kappa shape index (κ2) is 10.2. The molecule has 1 N–H and O–H groups in total. The predicted octanol–water partition coefficient (Wildman–Crippen LogP) is -1.02. The van der Waals surface area contributed by atoms with Gasteiger partial charge in [0, 0.05) is 10.3 Å². The first kappa shape index (κ1) is 26.4. The molecule has 7 nitrogen and oxygen atoms in total. The van der Waals surface area contributed by atoms with Gasteiger partial charge in [-0.1, -0.05) is 44.4 Å². The molecule has 1 aromatic carbocycles. The van der Waals surface area contributed by atoms with Crippen LogP contribution in [0.1, 0.15) is 64.9 Å². The van der Waals surface area contributed by atoms with E-state index in [9.17, 15) is 19.5 Å². The molecule has 174 valence electrons. The fraction of sp³-hybridized carbons (Fsp3) is 0.625. The minimum absolute atomic E-state index is 0. The summed E-state index contributed by atoms with van der Waals surface area (Å²) in [6.45, 7) is 6.29. The molecule has 9 heteroatoms. The number of amides is 2. The molecule has 2 unspecified atom stereocenters. The summed E-state index contributed by atoms with van der Waals surface area (Å²) in [4.78, 5) is 39.6. The van der Waals surface area contributed by atoms with E-state index in [0.717, 1.165) is 37.0 Å². The average molecular weight is 483 g/mol. The van der Waals surface area contributed by atoms with Crippen molar-refractivity contribution >= 4 is 29.5 Å². The molecule has 3 fully saturated rings. The van der Waals surface area contributed by atoms with Crippen LogP contribution in [0.5, 0.6) is 5.75 Å². The van der Waals surface area contributed by atoms with Crippen LogP contribution in [0.4, 0.5) is 0 Å². The summed E-state index contributed by atoms with van der Waals surface area (Å²) in [5.41, 5.74) is 0.137. The molecule has 0 radical (unpaired) electrons. The summed E-state index contributed by atoms with van der Waals surface area (Å²) in [5.74, 6) is -1.05. The number of carboxylic acid groups (broad SMARTS) is 1. The number of hydrogen-bond acceptors (Lipinski definition) is 6. The third-order valence-corrected chi connectivity index (χ3v) is 8.57. The van der Waals surface area contributed by atoms with E-state index in [-0.39, 0.29) is 46.7 Å². The number of hydrogen-bond donors (Lipinski definition) is 1. The monoisotopic (exact) mass is 482 g/mol. The summed E-state index contributed by atoms with van der Waals surface area (Å²) in [7, 11) is 0. The number of rotatable bonds is 8. The van der Waals surface area contributed by atoms with Crippen molar-refractivity contribution in [2.75, 3.05) is 6.61 Å². The van der Waals surface area contributed by atoms with Crippen LogP contribution in [0.2, 0.25) is 0 Å². The fourth-order valence-electron chi connectivity index (χ4n) is 5.32. The molecular weight excluding hydrogens is 451 g/mol. The van der Waals surface area contributed by atoms with Crippen LogP contribution in [0.15, 0.2) is 24.3 Å². The molecule has 0 spiro atoms. The van der Waals surface area contributed by atoms with Crippen LogP contribution in [-0.4, -0.2) is 51.5 Å². The smallest absolute Gasteiger partial charge is 0.548 e. The number of fused-ring (bicyclic) bond motifs is 1. The maximum atomic E-state index is 13.7. The van der Waals surface area contributed by atoms with Gasteiger partial charge in [0.15, 0.2) is 0 Å². The van der Waals surface area contributed by atoms with E-state index in [4.69, 9.17) is 4.74 Å². The zero-order valence-corrected chi connectivity index (χ0v) is 22.7. The largest absolute Gasteiger partial charge is 1.00 e. The van der Waals surface area contributed by atoms with Gasteiger partial charge in [-0.15, -0.1) is 11.8 Å². The third kappa shape index (κ3) is 4.56. The molecule has 1 aromatic rings. The van der Waals surface area contributed by atoms with E-state index in [1.165, 1.54) is 16.7 Å². The Morgan fingerprint density at radius 3 is 2.55 bits per heavy atom. The number of unbranched alkanes of at least 4 members (excludes halogenated alkanes) is 1. The maximum absolute atomic E-state index is 13.7. The van der Waals surface area contributed by atoms with Crippen LogP contribution < -0.4 is 44.7 Å². The van der Waals surface area contributed by atoms with Crippen LogP contribution in [0.3, 0.4) is 0 Å². The van der Waals surface area contributed by atoms with Crippen molar-refractivity contribution in [1.82, 2.24) is 10.2 Å². The molecular formula is C24H31N2NaO5S. The van der Waals surface area contributed by atoms with Crippen LogP contribution in [0.25, 0.3) is 0 Å². The van der Waals surface area contributed by atoms with Crippen molar-refractivity contribution in [1.29, 1.82) is 0 Å². The van der Waals surface area contributed by atoms with Gasteiger partial charge in [0.05, 0.1) is 24.0 Å². The molecule has 2 heterocycles. The second-order valence-corrected chi connectivity index (χ2v) is 11.3. The number of benzene rings is 1. The number of nitrogens with zero attached hydrogens (tertiary/aromatic N) is 1. The number of thioether (sulfide) groups is 1. The zero-order chi connectivity index (χ0) is 23.1. The zero-order valence-electron chi connectivity index (χ0n) is 19.9. The minimum atomic E-state index is -1.26. The van der Waals surface area contributed by atoms with Crippen molar-refractivity contribution in [3.8, 4) is 5.75 Å². The second-order valence-electron chi connectivity index (χ2n) is 9.52. The number of carbonyl (C=O) groups is 3. The average Bonchev–Trinajstić information content (AvgIpc) is 3.34. The number of carbonyl (C=O) groups excluding carboxylic acids is 3. The van der Waals surface area contributed by atoms with Crippen molar-refractivity contribution in [2.45, 2.75) is 86.9 Å². The quantitative estimate of drug-likeness (QED) is 0.289. The summed E-state index contributed by atoms with van der Waals surface area (Å²) in [6, 6.07) is 5.99. The topological polar surface area (TPSA) is 98.8 Å². The van der Waals surface area contributed by atoms with Gasteiger partial charge in [0.2, 0.25) is 11.8 Å². The summed E-state index contributed by atoms with van der Waals surface area (Å²) < 4.78 is 5.36. The molecule has 3 atom stereocenters. The van der Waals surface area contributed by atoms with Crippen molar-refractivity contribution in [2.24, 2.45) is 0 Å². The summed E-state index contributed by atoms with van der Waals surface area (Å²) in [5, 5.41) is 14.3. The molecule has 1 aliphatic carbocycles. The standard InChI is InChI=1S/C24H32N2O5S.Na/c1-4-5-14-31-16-11-7-6-10-15(16)24(12-8-9-13-24)22(30)25-17-19(27)26-18(21(28)29)23(2,3)32-20(17)26;/h6-7,10-11,17-18,20H,4-5,8-9,12-14H2,1-3H3,(H,25,30)(H,28,29);/q;+1/p-1/t17-,18?,20?;/m1./s1. The Kier molecular flexibility index (Phi) is 8.14. The molecule has 2 amide bonds. The number of carboxylic acids is 1. The maximum Gasteiger partial charge on any atom is 1.00 e. The van der Waals surface area contributed by atoms with Crippen LogP contribution >= 0.6 is 11.8 Å². The summed E-state index contributed by atoms with van der Waals surface area (Å²) in [6.07, 6.45) is 5.22. The molecule has 2 saturated heterocycles. The van der Waals surface area contributed by atoms with Gasteiger partial charge in [0.25, 0.3) is 0 Å². The molecule has 1 saturated carbocycles. The summed E-state index contributed by atoms with van der Waals surface area (Å²) >= 11 is 1.41. The Balaban J connectivity index is 0.00000306. The molecule has 0 bridgehead atoms. The number of nitrogens with one attached hydrogen (secondary N) is 1. The predicted molar refractivity (Wildman–Crippen MR) is 120 cm³/mol. The Bertz CT molecular complexity index is 918. The van der Waals surface area contributed by atoms with Gasteiger partial charge in [-0.05, 0) is 39.2 Å². The fourth-order valence-corrected chi connectivity index (χ4v) is 6.94. The van der Waals surface area contributed by atoms with Crippen molar-refractivity contribution in [3.05, 3.63) is 29.8 Å². The number of para-hydroxylation sites is 1. The van der Waals surface area contributed by atoms with Crippen molar-refractivity contribution in [3.63, 3.8) is 0 Å². The third-order valence-electron chi connectivity index (χ3n) is 7.00. The molecule has 33 heavy (non-hydrogen) atoms. The van der Waals surface area contributed by atoms with E-state index in [2.05, 4.69) is 12.2 Å². The molecule has 2 aliphatic heterocycles. The first-order valence-electron chi connectivity index (χ1n) is 11.5. The van der Waals surface area contributed by atoms with Gasteiger partial charge >= 0.3 is 29.6 Å². The Hall–Kier alpha value is -1.22. The van der Waals surface area contributed by atoms with E-state index < -0.39 is 28.2 Å². The molecule has 0 aromatic heterocycles. The van der Waals surface area contributed by atoms with Crippen LogP contribution in [0, 0.1) is 0 Å². The van der Waals surface area contributed by atoms with Gasteiger partial charge in [-0.2, -0.15) is 0 Å². The molecule has 3 aliphatic rings. The minimum Gasteiger partial charge on any atom is -0.548 e.